The SMILES string of the molecule is C[C@H](NC(=O)COc1nnc2ccccn12)C12CC3CC(CC(C3)C1)C2. The standard InChI is InChI=1S/C20H26N4O2/c1-13(20-9-14-6-15(10-20)8-16(7-14)11-20)21-18(25)12-26-19-23-22-17-4-2-3-5-24(17)19/h2-5,13-16H,6-12H2,1H3,(H,21,25)/t13-,14?,15?,16?,20?/m0/s1. The Bertz CT molecular complexity index is 795. The van der Waals surface area contributed by atoms with Crippen LogP contribution in [-0.2, 0) is 4.79 Å². The monoisotopic (exact) mass is 354 g/mol. The van der Waals surface area contributed by atoms with Gasteiger partial charge in [-0.2, -0.15) is 0 Å². The van der Waals surface area contributed by atoms with Crippen molar-refractivity contribution in [3.8, 4) is 6.01 Å². The molecular formula is C20H26N4O2. The quantitative estimate of drug-likeness (QED) is 0.896. The largest absolute Gasteiger partial charge is 0.453 e. The van der Waals surface area contributed by atoms with Crippen LogP contribution in [0.3, 0.4) is 0 Å². The zero-order chi connectivity index (χ0) is 17.7. The minimum Gasteiger partial charge on any atom is -0.453 e. The summed E-state index contributed by atoms with van der Waals surface area (Å²) in [5, 5.41) is 11.3. The van der Waals surface area contributed by atoms with E-state index in [2.05, 4.69) is 22.4 Å². The van der Waals surface area contributed by atoms with Crippen LogP contribution < -0.4 is 10.1 Å². The van der Waals surface area contributed by atoms with Crippen molar-refractivity contribution in [2.24, 2.45) is 23.2 Å². The van der Waals surface area contributed by atoms with Crippen molar-refractivity contribution in [3.05, 3.63) is 24.4 Å². The molecule has 0 unspecified atom stereocenters. The molecule has 6 heteroatoms. The van der Waals surface area contributed by atoms with E-state index in [4.69, 9.17) is 4.74 Å². The van der Waals surface area contributed by atoms with Gasteiger partial charge in [-0.1, -0.05) is 11.2 Å². The Morgan fingerprint density at radius 1 is 1.23 bits per heavy atom. The highest BCUT2D eigenvalue weighted by atomic mass is 16.5. The summed E-state index contributed by atoms with van der Waals surface area (Å²) < 4.78 is 7.36. The van der Waals surface area contributed by atoms with Gasteiger partial charge in [0, 0.05) is 12.2 Å². The molecule has 26 heavy (non-hydrogen) atoms. The molecule has 6 nitrogen and oxygen atoms in total. The molecule has 1 N–H and O–H groups in total. The predicted molar refractivity (Wildman–Crippen MR) is 96.7 cm³/mol. The fraction of sp³-hybridized carbons (Fsp3) is 0.650. The van der Waals surface area contributed by atoms with Gasteiger partial charge in [0.25, 0.3) is 5.91 Å². The first kappa shape index (κ1) is 16.1. The molecule has 4 aliphatic rings. The van der Waals surface area contributed by atoms with Crippen LogP contribution in [0.4, 0.5) is 0 Å². The van der Waals surface area contributed by atoms with E-state index in [1.807, 2.05) is 24.4 Å². The maximum Gasteiger partial charge on any atom is 0.322 e. The van der Waals surface area contributed by atoms with Crippen molar-refractivity contribution in [1.82, 2.24) is 19.9 Å². The molecule has 2 heterocycles. The van der Waals surface area contributed by atoms with Gasteiger partial charge in [0.05, 0.1) is 0 Å². The second-order valence-corrected chi connectivity index (χ2v) is 8.77. The van der Waals surface area contributed by atoms with Crippen molar-refractivity contribution < 1.29 is 9.53 Å². The number of carbonyl (C=O) groups excluding carboxylic acids is 1. The highest BCUT2D eigenvalue weighted by Crippen LogP contribution is 2.61. The van der Waals surface area contributed by atoms with Crippen LogP contribution >= 0.6 is 0 Å². The molecule has 4 bridgehead atoms. The first-order valence-corrected chi connectivity index (χ1v) is 9.83. The van der Waals surface area contributed by atoms with Gasteiger partial charge in [-0.3, -0.25) is 9.20 Å². The summed E-state index contributed by atoms with van der Waals surface area (Å²) in [5.41, 5.74) is 1.02. The van der Waals surface area contributed by atoms with Crippen molar-refractivity contribution >= 4 is 11.6 Å². The number of aromatic nitrogens is 3. The van der Waals surface area contributed by atoms with Gasteiger partial charge >= 0.3 is 6.01 Å². The molecule has 0 radical (unpaired) electrons. The molecule has 1 atom stereocenters. The van der Waals surface area contributed by atoms with Gasteiger partial charge in [-0.15, -0.1) is 5.10 Å². The molecule has 138 valence electrons. The maximum atomic E-state index is 12.5. The summed E-state index contributed by atoms with van der Waals surface area (Å²) >= 11 is 0. The molecule has 2 aromatic rings. The molecule has 0 spiro atoms. The predicted octanol–water partition coefficient (Wildman–Crippen LogP) is 2.83. The van der Waals surface area contributed by atoms with E-state index < -0.39 is 0 Å². The maximum absolute atomic E-state index is 12.5. The number of nitrogens with one attached hydrogen (secondary N) is 1. The third kappa shape index (κ3) is 2.66. The Hall–Kier alpha value is -2.11. The molecule has 4 fully saturated rings. The Morgan fingerprint density at radius 2 is 1.92 bits per heavy atom. The Kier molecular flexibility index (Phi) is 3.69. The molecule has 4 saturated carbocycles. The van der Waals surface area contributed by atoms with Crippen LogP contribution in [0.1, 0.15) is 45.4 Å². The molecule has 6 rings (SSSR count). The van der Waals surface area contributed by atoms with Gasteiger partial charge in [-0.25, -0.2) is 0 Å². The number of fused-ring (bicyclic) bond motifs is 1. The van der Waals surface area contributed by atoms with Gasteiger partial charge in [0.15, 0.2) is 12.3 Å². The first-order valence-electron chi connectivity index (χ1n) is 9.83. The van der Waals surface area contributed by atoms with E-state index in [9.17, 15) is 4.79 Å². The molecule has 1 amide bonds. The van der Waals surface area contributed by atoms with E-state index in [-0.39, 0.29) is 18.6 Å². The molecule has 0 aliphatic heterocycles. The number of pyridine rings is 1. The minimum atomic E-state index is -0.0686. The van der Waals surface area contributed by atoms with Crippen molar-refractivity contribution in [2.45, 2.75) is 51.5 Å². The minimum absolute atomic E-state index is 0.0214. The number of rotatable bonds is 5. The summed E-state index contributed by atoms with van der Waals surface area (Å²) in [6, 6.07) is 6.21. The average molecular weight is 354 g/mol. The average Bonchev–Trinajstić information content (AvgIpc) is 3.02. The second kappa shape index (κ2) is 5.96. The van der Waals surface area contributed by atoms with Crippen LogP contribution in [0.2, 0.25) is 0 Å². The van der Waals surface area contributed by atoms with E-state index >= 15 is 0 Å². The molecule has 0 aromatic carbocycles. The highest BCUT2D eigenvalue weighted by Gasteiger charge is 2.53. The molecule has 2 aromatic heterocycles. The number of hydrogen-bond acceptors (Lipinski definition) is 4. The fourth-order valence-corrected chi connectivity index (χ4v) is 6.19. The van der Waals surface area contributed by atoms with E-state index in [1.54, 1.807) is 4.40 Å². The number of carbonyl (C=O) groups is 1. The summed E-state index contributed by atoms with van der Waals surface area (Å²) in [7, 11) is 0. The zero-order valence-electron chi connectivity index (χ0n) is 15.2. The summed E-state index contributed by atoms with van der Waals surface area (Å²) in [6.45, 7) is 2.17. The normalized spacial score (nSPS) is 33.3. The molecule has 0 saturated heterocycles. The lowest BCUT2D eigenvalue weighted by Gasteiger charge is -2.59. The number of ether oxygens (including phenoxy) is 1. The Labute approximate surface area is 153 Å². The van der Waals surface area contributed by atoms with Gasteiger partial charge in [-0.05, 0) is 80.8 Å². The summed E-state index contributed by atoms with van der Waals surface area (Å²) in [4.78, 5) is 12.5. The van der Waals surface area contributed by atoms with Crippen molar-refractivity contribution in [1.29, 1.82) is 0 Å². The third-order valence-corrected chi connectivity index (χ3v) is 7.00. The lowest BCUT2D eigenvalue weighted by Crippen LogP contribution is -2.56. The van der Waals surface area contributed by atoms with Gasteiger partial charge < -0.3 is 10.1 Å². The van der Waals surface area contributed by atoms with E-state index in [0.29, 0.717) is 17.1 Å². The van der Waals surface area contributed by atoms with Gasteiger partial charge in [0.2, 0.25) is 0 Å². The van der Waals surface area contributed by atoms with E-state index in [1.165, 1.54) is 38.5 Å². The molecular weight excluding hydrogens is 328 g/mol. The topological polar surface area (TPSA) is 68.5 Å². The van der Waals surface area contributed by atoms with Crippen molar-refractivity contribution in [2.75, 3.05) is 6.61 Å². The summed E-state index contributed by atoms with van der Waals surface area (Å²) in [6.07, 6.45) is 9.96. The smallest absolute Gasteiger partial charge is 0.322 e. The van der Waals surface area contributed by atoms with E-state index in [0.717, 1.165) is 17.8 Å². The highest BCUT2D eigenvalue weighted by molar-refractivity contribution is 5.77. The Morgan fingerprint density at radius 3 is 2.62 bits per heavy atom. The van der Waals surface area contributed by atoms with Crippen LogP contribution in [0, 0.1) is 23.2 Å². The second-order valence-electron chi connectivity index (χ2n) is 8.77. The lowest BCUT2D eigenvalue weighted by molar-refractivity contribution is -0.128. The zero-order valence-corrected chi connectivity index (χ0v) is 15.2. The Balaban J connectivity index is 1.22. The van der Waals surface area contributed by atoms with Gasteiger partial charge in [0.1, 0.15) is 0 Å². The summed E-state index contributed by atoms with van der Waals surface area (Å²) in [5.74, 6) is 2.60. The van der Waals surface area contributed by atoms with Crippen LogP contribution in [0.15, 0.2) is 24.4 Å². The fourth-order valence-electron chi connectivity index (χ4n) is 6.19. The van der Waals surface area contributed by atoms with Crippen LogP contribution in [0.5, 0.6) is 6.01 Å². The lowest BCUT2D eigenvalue weighted by atomic mass is 9.48. The number of hydrogen-bond donors (Lipinski definition) is 1. The van der Waals surface area contributed by atoms with Crippen molar-refractivity contribution in [3.63, 3.8) is 0 Å². The number of nitrogens with zero attached hydrogens (tertiary/aromatic N) is 3. The van der Waals surface area contributed by atoms with Crippen LogP contribution in [-0.4, -0.2) is 33.2 Å². The molecule has 4 aliphatic carbocycles. The third-order valence-electron chi connectivity index (χ3n) is 7.00. The first-order chi connectivity index (χ1) is 12.6. The number of amides is 1. The van der Waals surface area contributed by atoms with Crippen LogP contribution in [0.25, 0.3) is 5.65 Å².